The lowest BCUT2D eigenvalue weighted by molar-refractivity contribution is 0.179. The van der Waals surface area contributed by atoms with Gasteiger partial charge in [-0.2, -0.15) is 4.37 Å². The van der Waals surface area contributed by atoms with Crippen molar-refractivity contribution in [3.63, 3.8) is 0 Å². The Hall–Kier alpha value is -0.170. The minimum Gasteiger partial charge on any atom is -0.381 e. The molecule has 0 radical (unpaired) electrons. The van der Waals surface area contributed by atoms with Crippen molar-refractivity contribution in [1.29, 1.82) is 0 Å². The smallest absolute Gasteiger partial charge is 0.169 e. The first-order valence-corrected chi connectivity index (χ1v) is 7.36. The van der Waals surface area contributed by atoms with Crippen LogP contribution in [0.5, 0.6) is 0 Å². The molecule has 1 aromatic rings. The molecule has 4 nitrogen and oxygen atoms in total. The summed E-state index contributed by atoms with van der Waals surface area (Å²) >= 11 is 3.26. The lowest BCUT2D eigenvalue weighted by Gasteiger charge is -2.22. The number of ether oxygens (including phenoxy) is 1. The van der Waals surface area contributed by atoms with Crippen LogP contribution in [0.1, 0.15) is 13.3 Å². The summed E-state index contributed by atoms with van der Waals surface area (Å²) in [6, 6.07) is 0.529. The van der Waals surface area contributed by atoms with Crippen LogP contribution in [-0.4, -0.2) is 40.9 Å². The van der Waals surface area contributed by atoms with Gasteiger partial charge in [-0.1, -0.05) is 18.7 Å². The third kappa shape index (κ3) is 3.41. The second kappa shape index (κ2) is 6.54. The Morgan fingerprint density at radius 1 is 1.75 bits per heavy atom. The van der Waals surface area contributed by atoms with Crippen LogP contribution in [0.3, 0.4) is 0 Å². The molecule has 1 aliphatic rings. The Morgan fingerprint density at radius 3 is 3.31 bits per heavy atom. The van der Waals surface area contributed by atoms with E-state index in [0.717, 1.165) is 29.9 Å². The molecule has 0 bridgehead atoms. The fourth-order valence-corrected chi connectivity index (χ4v) is 3.54. The van der Waals surface area contributed by atoms with Crippen LogP contribution in [0.4, 0.5) is 0 Å². The first kappa shape index (κ1) is 12.3. The van der Waals surface area contributed by atoms with Gasteiger partial charge in [-0.15, -0.1) is 0 Å². The molecular formula is C10H17N3OS2. The third-order valence-corrected chi connectivity index (χ3v) is 4.64. The molecule has 1 N–H and O–H groups in total. The summed E-state index contributed by atoms with van der Waals surface area (Å²) in [5, 5.41) is 3.54. The molecule has 0 spiro atoms. The monoisotopic (exact) mass is 259 g/mol. The Bertz CT molecular complexity index is 288. The van der Waals surface area contributed by atoms with Crippen molar-refractivity contribution < 1.29 is 4.74 Å². The van der Waals surface area contributed by atoms with Gasteiger partial charge in [-0.05, 0) is 24.5 Å². The molecular weight excluding hydrogens is 242 g/mol. The van der Waals surface area contributed by atoms with E-state index >= 15 is 0 Å². The van der Waals surface area contributed by atoms with Gasteiger partial charge in [-0.25, -0.2) is 4.98 Å². The highest BCUT2D eigenvalue weighted by Gasteiger charge is 2.25. The van der Waals surface area contributed by atoms with E-state index in [0.29, 0.717) is 12.0 Å². The number of hydrogen-bond donors (Lipinski definition) is 1. The summed E-state index contributed by atoms with van der Waals surface area (Å²) in [6.45, 7) is 4.97. The van der Waals surface area contributed by atoms with Gasteiger partial charge in [0.25, 0.3) is 0 Å². The molecule has 1 saturated heterocycles. The summed E-state index contributed by atoms with van der Waals surface area (Å²) in [5.74, 6) is 1.71. The second-order valence-electron chi connectivity index (χ2n) is 3.81. The van der Waals surface area contributed by atoms with Crippen LogP contribution in [0.15, 0.2) is 10.7 Å². The summed E-state index contributed by atoms with van der Waals surface area (Å²) in [7, 11) is 0. The van der Waals surface area contributed by atoms with Gasteiger partial charge in [0.1, 0.15) is 6.33 Å². The fraction of sp³-hybridized carbons (Fsp3) is 0.800. The highest BCUT2D eigenvalue weighted by atomic mass is 32.2. The topological polar surface area (TPSA) is 47.0 Å². The SMILES string of the molecule is CCNC(CSc1ncns1)C1CCOC1. The van der Waals surface area contributed by atoms with Crippen molar-refractivity contribution in [3.05, 3.63) is 6.33 Å². The molecule has 2 atom stereocenters. The van der Waals surface area contributed by atoms with Crippen molar-refractivity contribution in [3.8, 4) is 0 Å². The molecule has 0 aromatic carbocycles. The average Bonchev–Trinajstić information content (AvgIpc) is 2.96. The predicted molar refractivity (Wildman–Crippen MR) is 67.0 cm³/mol. The van der Waals surface area contributed by atoms with Crippen molar-refractivity contribution in [2.24, 2.45) is 5.92 Å². The Labute approximate surface area is 104 Å². The number of hydrogen-bond acceptors (Lipinski definition) is 6. The zero-order valence-electron chi connectivity index (χ0n) is 9.39. The van der Waals surface area contributed by atoms with Crippen molar-refractivity contribution >= 4 is 23.3 Å². The highest BCUT2D eigenvalue weighted by molar-refractivity contribution is 8.00. The van der Waals surface area contributed by atoms with Crippen LogP contribution in [0.25, 0.3) is 0 Å². The maximum absolute atomic E-state index is 5.45. The molecule has 1 fully saturated rings. The Kier molecular flexibility index (Phi) is 5.02. The summed E-state index contributed by atoms with van der Waals surface area (Å²) < 4.78 is 10.5. The van der Waals surface area contributed by atoms with E-state index < -0.39 is 0 Å². The zero-order chi connectivity index (χ0) is 11.2. The summed E-state index contributed by atoms with van der Waals surface area (Å²) in [4.78, 5) is 4.19. The van der Waals surface area contributed by atoms with E-state index in [1.165, 1.54) is 18.0 Å². The van der Waals surface area contributed by atoms with E-state index in [-0.39, 0.29) is 0 Å². The van der Waals surface area contributed by atoms with Crippen molar-refractivity contribution in [2.75, 3.05) is 25.5 Å². The number of rotatable bonds is 6. The molecule has 1 aliphatic heterocycles. The Balaban J connectivity index is 1.82. The second-order valence-corrected chi connectivity index (χ2v) is 5.85. The molecule has 2 heterocycles. The third-order valence-electron chi connectivity index (χ3n) is 2.73. The highest BCUT2D eigenvalue weighted by Crippen LogP contribution is 2.24. The van der Waals surface area contributed by atoms with Crippen LogP contribution >= 0.6 is 23.3 Å². The minimum atomic E-state index is 0.529. The van der Waals surface area contributed by atoms with Gasteiger partial charge in [0, 0.05) is 24.3 Å². The quantitative estimate of drug-likeness (QED) is 0.787. The van der Waals surface area contributed by atoms with Crippen LogP contribution < -0.4 is 5.32 Å². The van der Waals surface area contributed by atoms with Gasteiger partial charge >= 0.3 is 0 Å². The Morgan fingerprint density at radius 2 is 2.69 bits per heavy atom. The maximum Gasteiger partial charge on any atom is 0.169 e. The van der Waals surface area contributed by atoms with Crippen LogP contribution in [-0.2, 0) is 4.74 Å². The van der Waals surface area contributed by atoms with Gasteiger partial charge in [-0.3, -0.25) is 0 Å². The first-order valence-electron chi connectivity index (χ1n) is 5.60. The van der Waals surface area contributed by atoms with Gasteiger partial charge in [0.15, 0.2) is 4.34 Å². The molecule has 2 unspecified atom stereocenters. The maximum atomic E-state index is 5.45. The molecule has 1 aromatic heterocycles. The van der Waals surface area contributed by atoms with Gasteiger partial charge in [0.05, 0.1) is 6.61 Å². The zero-order valence-corrected chi connectivity index (χ0v) is 11.0. The number of nitrogens with one attached hydrogen (secondary N) is 1. The van der Waals surface area contributed by atoms with E-state index in [2.05, 4.69) is 21.6 Å². The molecule has 0 saturated carbocycles. The van der Waals surface area contributed by atoms with E-state index in [9.17, 15) is 0 Å². The van der Waals surface area contributed by atoms with Gasteiger partial charge in [0.2, 0.25) is 0 Å². The molecule has 16 heavy (non-hydrogen) atoms. The molecule has 2 rings (SSSR count). The predicted octanol–water partition coefficient (Wildman–Crippen LogP) is 1.64. The molecule has 0 aliphatic carbocycles. The number of nitrogens with zero attached hydrogens (tertiary/aromatic N) is 2. The van der Waals surface area contributed by atoms with Crippen molar-refractivity contribution in [1.82, 2.24) is 14.7 Å². The minimum absolute atomic E-state index is 0.529. The van der Waals surface area contributed by atoms with E-state index in [1.54, 1.807) is 18.1 Å². The van der Waals surface area contributed by atoms with Crippen LogP contribution in [0.2, 0.25) is 0 Å². The number of aromatic nitrogens is 2. The lowest BCUT2D eigenvalue weighted by Crippen LogP contribution is -2.38. The van der Waals surface area contributed by atoms with E-state index in [1.807, 2.05) is 0 Å². The molecule has 90 valence electrons. The average molecular weight is 259 g/mol. The van der Waals surface area contributed by atoms with Crippen LogP contribution in [0, 0.1) is 5.92 Å². The molecule has 6 heteroatoms. The standard InChI is InChI=1S/C10H17N3OS2/c1-2-11-9(8-3-4-14-5-8)6-15-10-12-7-13-16-10/h7-9,11H,2-6H2,1H3. The normalized spacial score (nSPS) is 22.4. The first-order chi connectivity index (χ1) is 7.90. The van der Waals surface area contributed by atoms with Gasteiger partial charge < -0.3 is 10.1 Å². The summed E-state index contributed by atoms with van der Waals surface area (Å²) in [5.41, 5.74) is 0. The molecule has 0 amide bonds. The largest absolute Gasteiger partial charge is 0.381 e. The van der Waals surface area contributed by atoms with E-state index in [4.69, 9.17) is 4.74 Å². The fourth-order valence-electron chi connectivity index (χ4n) is 1.88. The lowest BCUT2D eigenvalue weighted by atomic mass is 10.0. The summed E-state index contributed by atoms with van der Waals surface area (Å²) in [6.07, 6.45) is 2.79. The van der Waals surface area contributed by atoms with Crippen molar-refractivity contribution in [2.45, 2.75) is 23.7 Å². The number of thioether (sulfide) groups is 1.